The van der Waals surface area contributed by atoms with Gasteiger partial charge >= 0.3 is 6.55 Å². The molecule has 0 aromatic carbocycles. The zero-order valence-corrected chi connectivity index (χ0v) is 11.5. The number of aromatic nitrogens is 3. The van der Waals surface area contributed by atoms with Gasteiger partial charge in [0.05, 0.1) is 18.1 Å². The molecule has 8 heteroatoms. The molecule has 0 spiro atoms. The van der Waals surface area contributed by atoms with Crippen molar-refractivity contribution in [1.29, 1.82) is 0 Å². The summed E-state index contributed by atoms with van der Waals surface area (Å²) in [6, 6.07) is 1.28. The highest BCUT2D eigenvalue weighted by Gasteiger charge is 2.13. The van der Waals surface area contributed by atoms with Gasteiger partial charge in [-0.05, 0) is 15.9 Å². The van der Waals surface area contributed by atoms with Crippen LogP contribution < -0.4 is 10.3 Å². The second-order valence-electron chi connectivity index (χ2n) is 3.68. The topological polar surface area (TPSA) is 49.1 Å². The van der Waals surface area contributed by atoms with E-state index in [1.165, 1.54) is 36.3 Å². The molecule has 0 saturated heterocycles. The second-order valence-corrected chi connectivity index (χ2v) is 4.54. The molecule has 2 aromatic rings. The minimum atomic E-state index is -2.69. The summed E-state index contributed by atoms with van der Waals surface area (Å²) in [6.07, 6.45) is 3.92. The molecule has 2 heterocycles. The molecule has 5 nitrogen and oxygen atoms in total. The highest BCUT2D eigenvalue weighted by atomic mass is 79.9. The van der Waals surface area contributed by atoms with Gasteiger partial charge in [-0.2, -0.15) is 8.78 Å². The van der Waals surface area contributed by atoms with Gasteiger partial charge in [-0.15, -0.1) is 0 Å². The van der Waals surface area contributed by atoms with Crippen molar-refractivity contribution >= 4 is 15.9 Å². The van der Waals surface area contributed by atoms with Crippen LogP contribution in [0.4, 0.5) is 8.78 Å². The number of hydrogen-bond donors (Lipinski definition) is 0. The first-order valence-electron chi connectivity index (χ1n) is 5.26. The first kappa shape index (κ1) is 13.7. The fourth-order valence-electron chi connectivity index (χ4n) is 1.60. The van der Waals surface area contributed by atoms with E-state index in [-0.39, 0.29) is 17.9 Å². The number of hydrogen-bond acceptors (Lipinski definition) is 3. The Morgan fingerprint density at radius 3 is 2.89 bits per heavy atom. The lowest BCUT2D eigenvalue weighted by molar-refractivity contribution is 0.0666. The van der Waals surface area contributed by atoms with Crippen LogP contribution in [0.3, 0.4) is 0 Å². The molecule has 0 unspecified atom stereocenters. The zero-order valence-electron chi connectivity index (χ0n) is 9.89. The van der Waals surface area contributed by atoms with E-state index in [1.54, 1.807) is 0 Å². The quantitative estimate of drug-likeness (QED) is 0.862. The third kappa shape index (κ3) is 2.83. The van der Waals surface area contributed by atoms with E-state index in [1.807, 2.05) is 0 Å². The maximum atomic E-state index is 12.7. The molecule has 0 amide bonds. The van der Waals surface area contributed by atoms with Gasteiger partial charge < -0.3 is 9.30 Å². The van der Waals surface area contributed by atoms with Crippen LogP contribution in [0.15, 0.2) is 33.9 Å². The number of halogens is 3. The van der Waals surface area contributed by atoms with Crippen molar-refractivity contribution in [1.82, 2.24) is 14.1 Å². The summed E-state index contributed by atoms with van der Waals surface area (Å²) >= 11 is 3.23. The molecule has 102 valence electrons. The molecular formula is C11H10BrF2N3O2. The van der Waals surface area contributed by atoms with Crippen LogP contribution in [-0.4, -0.2) is 21.2 Å². The molecule has 2 aromatic heterocycles. The number of rotatable bonds is 4. The Hall–Kier alpha value is -1.70. The normalized spacial score (nSPS) is 11.0. The molecule has 0 aliphatic heterocycles. The Morgan fingerprint density at radius 1 is 1.53 bits per heavy atom. The maximum Gasteiger partial charge on any atom is 0.319 e. The summed E-state index contributed by atoms with van der Waals surface area (Å²) < 4.78 is 32.9. The van der Waals surface area contributed by atoms with Crippen LogP contribution in [0, 0.1) is 0 Å². The van der Waals surface area contributed by atoms with E-state index in [2.05, 4.69) is 20.9 Å². The van der Waals surface area contributed by atoms with Crippen LogP contribution >= 0.6 is 15.9 Å². The minimum absolute atomic E-state index is 0.0429. The number of ether oxygens (including phenoxy) is 1. The lowest BCUT2D eigenvalue weighted by Crippen LogP contribution is -2.21. The fraction of sp³-hybridized carbons (Fsp3) is 0.273. The molecule has 0 saturated carbocycles. The Bertz CT molecular complexity index is 639. The first-order chi connectivity index (χ1) is 9.02. The number of pyridine rings is 1. The Labute approximate surface area is 115 Å². The predicted molar refractivity (Wildman–Crippen MR) is 67.5 cm³/mol. The monoisotopic (exact) mass is 333 g/mol. The summed E-state index contributed by atoms with van der Waals surface area (Å²) in [5, 5.41) is 0. The molecule has 19 heavy (non-hydrogen) atoms. The highest BCUT2D eigenvalue weighted by molar-refractivity contribution is 9.10. The number of methoxy groups -OCH3 is 1. The molecule has 0 fully saturated rings. The molecule has 2 rings (SSSR count). The average molecular weight is 334 g/mol. The maximum absolute atomic E-state index is 12.7. The van der Waals surface area contributed by atoms with Crippen molar-refractivity contribution in [2.75, 3.05) is 7.11 Å². The lowest BCUT2D eigenvalue weighted by atomic mass is 10.4. The van der Waals surface area contributed by atoms with Crippen LogP contribution in [0.1, 0.15) is 12.4 Å². The first-order valence-corrected chi connectivity index (χ1v) is 6.06. The van der Waals surface area contributed by atoms with Crippen molar-refractivity contribution in [2.24, 2.45) is 0 Å². The van der Waals surface area contributed by atoms with Gasteiger partial charge in [0.15, 0.2) is 0 Å². The van der Waals surface area contributed by atoms with E-state index in [4.69, 9.17) is 4.74 Å². The van der Waals surface area contributed by atoms with Crippen LogP contribution in [-0.2, 0) is 6.54 Å². The standard InChI is InChI=1S/C11H10BrF2N3O2/c1-19-8-4-10(18)16(5-7(8)12)6-9-15-2-3-17(9)11(13)14/h2-5,11H,6H2,1H3. The van der Waals surface area contributed by atoms with E-state index in [9.17, 15) is 13.6 Å². The third-order valence-corrected chi connectivity index (χ3v) is 3.13. The van der Waals surface area contributed by atoms with Crippen LogP contribution in [0.2, 0.25) is 0 Å². The van der Waals surface area contributed by atoms with Gasteiger partial charge in [-0.25, -0.2) is 4.98 Å². The Morgan fingerprint density at radius 2 is 2.26 bits per heavy atom. The summed E-state index contributed by atoms with van der Waals surface area (Å²) in [4.78, 5) is 15.6. The van der Waals surface area contributed by atoms with Gasteiger partial charge in [0.25, 0.3) is 5.56 Å². The lowest BCUT2D eigenvalue weighted by Gasteiger charge is -2.10. The van der Waals surface area contributed by atoms with E-state index >= 15 is 0 Å². The summed E-state index contributed by atoms with van der Waals surface area (Å²) in [7, 11) is 1.44. The van der Waals surface area contributed by atoms with Crippen molar-refractivity contribution in [2.45, 2.75) is 13.1 Å². The van der Waals surface area contributed by atoms with E-state index in [0.29, 0.717) is 14.8 Å². The van der Waals surface area contributed by atoms with Crippen molar-refractivity contribution in [3.05, 3.63) is 45.3 Å². The number of alkyl halides is 2. The Balaban J connectivity index is 2.36. The molecular weight excluding hydrogens is 324 g/mol. The summed E-state index contributed by atoms with van der Waals surface area (Å²) in [6.45, 7) is -2.73. The van der Waals surface area contributed by atoms with Gasteiger partial charge in [0.1, 0.15) is 11.6 Å². The summed E-state index contributed by atoms with van der Waals surface area (Å²) in [5.74, 6) is 0.493. The fourth-order valence-corrected chi connectivity index (χ4v) is 2.13. The second kappa shape index (κ2) is 5.52. The predicted octanol–water partition coefficient (Wildman–Crippen LogP) is 2.26. The van der Waals surface area contributed by atoms with Crippen molar-refractivity contribution in [3.8, 4) is 5.75 Å². The largest absolute Gasteiger partial charge is 0.495 e. The smallest absolute Gasteiger partial charge is 0.319 e. The van der Waals surface area contributed by atoms with Gasteiger partial charge in [-0.1, -0.05) is 0 Å². The highest BCUT2D eigenvalue weighted by Crippen LogP contribution is 2.22. The third-order valence-electron chi connectivity index (χ3n) is 2.53. The van der Waals surface area contributed by atoms with Gasteiger partial charge in [0, 0.05) is 24.7 Å². The zero-order chi connectivity index (χ0) is 14.0. The number of imidazole rings is 1. The Kier molecular flexibility index (Phi) is 3.98. The molecule has 0 N–H and O–H groups in total. The van der Waals surface area contributed by atoms with E-state index in [0.717, 1.165) is 0 Å². The molecule has 0 radical (unpaired) electrons. The minimum Gasteiger partial charge on any atom is -0.495 e. The van der Waals surface area contributed by atoms with Crippen molar-refractivity contribution in [3.63, 3.8) is 0 Å². The molecule has 0 aliphatic rings. The average Bonchev–Trinajstić information content (AvgIpc) is 2.81. The van der Waals surface area contributed by atoms with Crippen LogP contribution in [0.25, 0.3) is 0 Å². The van der Waals surface area contributed by atoms with Crippen molar-refractivity contribution < 1.29 is 13.5 Å². The van der Waals surface area contributed by atoms with E-state index < -0.39 is 6.55 Å². The SMILES string of the molecule is COc1cc(=O)n(Cc2nccn2C(F)F)cc1Br. The molecule has 0 bridgehead atoms. The molecule has 0 aliphatic carbocycles. The van der Waals surface area contributed by atoms with Gasteiger partial charge in [0.2, 0.25) is 0 Å². The molecule has 0 atom stereocenters. The summed E-state index contributed by atoms with van der Waals surface area (Å²) in [5.41, 5.74) is -0.358. The van der Waals surface area contributed by atoms with Crippen LogP contribution in [0.5, 0.6) is 5.75 Å². The van der Waals surface area contributed by atoms with Gasteiger partial charge in [-0.3, -0.25) is 9.36 Å². The number of nitrogens with zero attached hydrogens (tertiary/aromatic N) is 3.